The Morgan fingerprint density at radius 3 is 2.24 bits per heavy atom. The fraction of sp³-hybridized carbons (Fsp3) is 0.212. The first kappa shape index (κ1) is 28.5. The Kier molecular flexibility index (Phi) is 8.47. The van der Waals surface area contributed by atoms with E-state index in [0.717, 1.165) is 38.0 Å². The lowest BCUT2D eigenvalue weighted by Crippen LogP contribution is -2.14. The minimum Gasteiger partial charge on any atom is -0.361 e. The Hall–Kier alpha value is -4.07. The maximum absolute atomic E-state index is 13.1. The molecule has 0 unspecified atom stereocenters. The highest BCUT2D eigenvalue weighted by molar-refractivity contribution is 7.15. The monoisotopic (exact) mass is 583 g/mol. The van der Waals surface area contributed by atoms with E-state index in [4.69, 9.17) is 21.1 Å². The second-order valence-corrected chi connectivity index (χ2v) is 12.4. The van der Waals surface area contributed by atoms with Crippen molar-refractivity contribution >= 4 is 40.3 Å². The Morgan fingerprint density at radius 1 is 0.878 bits per heavy atom. The van der Waals surface area contributed by atoms with Gasteiger partial charge in [0.05, 0.1) is 24.2 Å². The van der Waals surface area contributed by atoms with Gasteiger partial charge in [-0.25, -0.2) is 4.98 Å². The summed E-state index contributed by atoms with van der Waals surface area (Å²) in [6.45, 7) is 6.12. The normalized spacial score (nSPS) is 11.4. The molecule has 5 rings (SSSR count). The van der Waals surface area contributed by atoms with Crippen molar-refractivity contribution in [1.29, 1.82) is 0 Å². The molecule has 208 valence electrons. The molecule has 1 N–H and O–H groups in total. The van der Waals surface area contributed by atoms with E-state index in [0.29, 0.717) is 16.4 Å². The van der Waals surface area contributed by atoms with Crippen molar-refractivity contribution in [3.63, 3.8) is 0 Å². The molecule has 0 aliphatic carbocycles. The van der Waals surface area contributed by atoms with Crippen molar-refractivity contribution in [2.45, 2.75) is 45.4 Å². The SMILES string of the molecule is CC(C)(C)c1cc(CC(=O)Cc2ccc(NC(=O)Cc3sc(-c4ccc(Cl)cc4)nc3-c3ccccc3)cc2)no1. The summed E-state index contributed by atoms with van der Waals surface area (Å²) in [5.74, 6) is 0.666. The summed E-state index contributed by atoms with van der Waals surface area (Å²) in [6.07, 6.45) is 0.680. The maximum Gasteiger partial charge on any atom is 0.229 e. The highest BCUT2D eigenvalue weighted by Gasteiger charge is 2.21. The predicted octanol–water partition coefficient (Wildman–Crippen LogP) is 7.95. The summed E-state index contributed by atoms with van der Waals surface area (Å²) >= 11 is 7.57. The fourth-order valence-electron chi connectivity index (χ4n) is 4.31. The zero-order valence-corrected chi connectivity index (χ0v) is 24.7. The second-order valence-electron chi connectivity index (χ2n) is 10.9. The van der Waals surface area contributed by atoms with E-state index in [1.807, 2.05) is 106 Å². The van der Waals surface area contributed by atoms with Gasteiger partial charge in [-0.15, -0.1) is 11.3 Å². The van der Waals surface area contributed by atoms with Gasteiger partial charge in [0.15, 0.2) is 0 Å². The first-order chi connectivity index (χ1) is 19.6. The number of ketones is 1. The van der Waals surface area contributed by atoms with Gasteiger partial charge in [0.25, 0.3) is 0 Å². The van der Waals surface area contributed by atoms with Gasteiger partial charge in [0.1, 0.15) is 16.6 Å². The first-order valence-corrected chi connectivity index (χ1v) is 14.5. The van der Waals surface area contributed by atoms with Crippen molar-refractivity contribution in [3.8, 4) is 21.8 Å². The van der Waals surface area contributed by atoms with Crippen molar-refractivity contribution < 1.29 is 14.1 Å². The number of nitrogens with zero attached hydrogens (tertiary/aromatic N) is 2. The molecule has 2 heterocycles. The lowest BCUT2D eigenvalue weighted by atomic mass is 9.93. The van der Waals surface area contributed by atoms with Crippen LogP contribution in [0.1, 0.15) is 42.7 Å². The van der Waals surface area contributed by atoms with Crippen LogP contribution in [0.2, 0.25) is 5.02 Å². The highest BCUT2D eigenvalue weighted by Crippen LogP contribution is 2.35. The molecule has 0 spiro atoms. The van der Waals surface area contributed by atoms with Crippen molar-refractivity contribution in [2.24, 2.45) is 0 Å². The molecule has 0 saturated carbocycles. The molecule has 0 saturated heterocycles. The Labute approximate surface area is 248 Å². The molecule has 6 nitrogen and oxygen atoms in total. The number of nitrogens with one attached hydrogen (secondary N) is 1. The molecule has 2 aromatic heterocycles. The van der Waals surface area contributed by atoms with Gasteiger partial charge < -0.3 is 9.84 Å². The number of benzene rings is 3. The van der Waals surface area contributed by atoms with Gasteiger partial charge >= 0.3 is 0 Å². The number of carbonyl (C=O) groups is 2. The van der Waals surface area contributed by atoms with Crippen LogP contribution in [0.25, 0.3) is 21.8 Å². The lowest BCUT2D eigenvalue weighted by Gasteiger charge is -2.12. The van der Waals surface area contributed by atoms with Crippen LogP contribution in [0.3, 0.4) is 0 Å². The molecule has 5 aromatic rings. The third kappa shape index (κ3) is 7.37. The molecule has 8 heteroatoms. The topological polar surface area (TPSA) is 85.1 Å². The van der Waals surface area contributed by atoms with Gasteiger partial charge in [-0.2, -0.15) is 0 Å². The van der Waals surface area contributed by atoms with E-state index < -0.39 is 0 Å². The van der Waals surface area contributed by atoms with Crippen LogP contribution >= 0.6 is 22.9 Å². The zero-order valence-electron chi connectivity index (χ0n) is 23.1. The number of rotatable bonds is 9. The predicted molar refractivity (Wildman–Crippen MR) is 164 cm³/mol. The number of hydrogen-bond donors (Lipinski definition) is 1. The van der Waals surface area contributed by atoms with Crippen LogP contribution in [0, 0.1) is 0 Å². The highest BCUT2D eigenvalue weighted by atomic mass is 35.5. The average molecular weight is 584 g/mol. The minimum atomic E-state index is -0.156. The summed E-state index contributed by atoms with van der Waals surface area (Å²) in [7, 11) is 0. The van der Waals surface area contributed by atoms with Crippen molar-refractivity contribution in [1.82, 2.24) is 10.1 Å². The smallest absolute Gasteiger partial charge is 0.229 e. The van der Waals surface area contributed by atoms with Gasteiger partial charge in [0, 0.05) is 44.6 Å². The van der Waals surface area contributed by atoms with E-state index in [1.165, 1.54) is 11.3 Å². The van der Waals surface area contributed by atoms with Crippen molar-refractivity contribution in [2.75, 3.05) is 5.32 Å². The van der Waals surface area contributed by atoms with Crippen LogP contribution < -0.4 is 5.32 Å². The average Bonchev–Trinajstić information content (AvgIpc) is 3.58. The second kappa shape index (κ2) is 12.2. The molecular weight excluding hydrogens is 554 g/mol. The summed E-state index contributed by atoms with van der Waals surface area (Å²) in [4.78, 5) is 31.4. The summed E-state index contributed by atoms with van der Waals surface area (Å²) in [5.41, 5.74) is 4.73. The third-order valence-corrected chi connectivity index (χ3v) is 7.83. The first-order valence-electron chi connectivity index (χ1n) is 13.3. The molecular formula is C33H30ClN3O3S. The number of thiazole rings is 1. The Bertz CT molecular complexity index is 1650. The number of carbonyl (C=O) groups excluding carboxylic acids is 2. The number of halogens is 1. The third-order valence-electron chi connectivity index (χ3n) is 6.47. The number of hydrogen-bond acceptors (Lipinski definition) is 6. The van der Waals surface area contributed by atoms with Gasteiger partial charge in [-0.3, -0.25) is 9.59 Å². The van der Waals surface area contributed by atoms with E-state index in [1.54, 1.807) is 0 Å². The standard InChI is InChI=1S/C33H30ClN3O3S/c1-33(2,3)29-19-26(37-40-29)18-27(38)17-21-9-15-25(16-10-21)35-30(39)20-28-31(22-7-5-4-6-8-22)36-32(41-28)23-11-13-24(34)14-12-23/h4-16,19H,17-18,20H2,1-3H3,(H,35,39). The van der Waals surface area contributed by atoms with E-state index in [-0.39, 0.29) is 36.4 Å². The molecule has 0 atom stereocenters. The molecule has 1 amide bonds. The Morgan fingerprint density at radius 2 is 1.59 bits per heavy atom. The van der Waals surface area contributed by atoms with Crippen LogP contribution in [-0.2, 0) is 34.3 Å². The van der Waals surface area contributed by atoms with Gasteiger partial charge in [-0.1, -0.05) is 92.1 Å². The summed E-state index contributed by atoms with van der Waals surface area (Å²) in [5, 5.41) is 8.51. The van der Waals surface area contributed by atoms with Crippen LogP contribution in [0.5, 0.6) is 0 Å². The maximum atomic E-state index is 13.1. The largest absolute Gasteiger partial charge is 0.361 e. The molecule has 3 aromatic carbocycles. The molecule has 0 aliphatic rings. The van der Waals surface area contributed by atoms with E-state index >= 15 is 0 Å². The van der Waals surface area contributed by atoms with Crippen LogP contribution in [-0.4, -0.2) is 21.8 Å². The van der Waals surface area contributed by atoms with Crippen molar-refractivity contribution in [3.05, 3.63) is 112 Å². The van der Waals surface area contributed by atoms with E-state index in [2.05, 4.69) is 10.5 Å². The number of amides is 1. The molecule has 0 fully saturated rings. The summed E-state index contributed by atoms with van der Waals surface area (Å²) < 4.78 is 5.39. The van der Waals surface area contributed by atoms with E-state index in [9.17, 15) is 9.59 Å². The molecule has 0 radical (unpaired) electrons. The van der Waals surface area contributed by atoms with Crippen LogP contribution in [0.15, 0.2) is 89.5 Å². The quantitative estimate of drug-likeness (QED) is 0.190. The van der Waals surface area contributed by atoms with Gasteiger partial charge in [-0.05, 0) is 29.8 Å². The molecule has 0 aliphatic heterocycles. The fourth-order valence-corrected chi connectivity index (χ4v) is 5.52. The van der Waals surface area contributed by atoms with Crippen LogP contribution in [0.4, 0.5) is 5.69 Å². The lowest BCUT2D eigenvalue weighted by molar-refractivity contribution is -0.118. The molecule has 0 bridgehead atoms. The number of anilines is 1. The Balaban J connectivity index is 1.23. The van der Waals surface area contributed by atoms with Gasteiger partial charge in [0.2, 0.25) is 5.91 Å². The summed E-state index contributed by atoms with van der Waals surface area (Å²) in [6, 6.07) is 26.6. The number of aromatic nitrogens is 2. The number of Topliss-reactive ketones (excluding diaryl/α,β-unsaturated/α-hetero) is 1. The zero-order chi connectivity index (χ0) is 29.0. The minimum absolute atomic E-state index is 0.0469. The molecule has 41 heavy (non-hydrogen) atoms.